The first kappa shape index (κ1) is 53.1. The van der Waals surface area contributed by atoms with Gasteiger partial charge in [0, 0.05) is 33.4 Å². The van der Waals surface area contributed by atoms with Crippen molar-refractivity contribution < 1.29 is 69.1 Å². The topological polar surface area (TPSA) is 277 Å². The zero-order valence-electron chi connectivity index (χ0n) is 36.6. The van der Waals surface area contributed by atoms with Crippen molar-refractivity contribution >= 4 is 54.7 Å². The van der Waals surface area contributed by atoms with Gasteiger partial charge < -0.3 is 8.37 Å². The molecule has 2 aliphatic carbocycles. The van der Waals surface area contributed by atoms with E-state index in [1.807, 2.05) is 0 Å². The van der Waals surface area contributed by atoms with Crippen LogP contribution in [0.1, 0.15) is 33.4 Å². The molecular weight excluding hydrogens is 1060 g/mol. The molecule has 26 heteroatoms. The third-order valence-electron chi connectivity index (χ3n) is 10.9. The van der Waals surface area contributed by atoms with Crippen molar-refractivity contribution in [1.29, 1.82) is 42.1 Å². The number of allylic oxidation sites excluding steroid dienone is 10. The molecule has 0 bridgehead atoms. The number of hydrogen-bond donors (Lipinski definition) is 0. The van der Waals surface area contributed by atoms with Gasteiger partial charge in [-0.05, 0) is 57.7 Å². The fourth-order valence-electron chi connectivity index (χ4n) is 7.78. The van der Waals surface area contributed by atoms with Gasteiger partial charge in [-0.25, -0.2) is 43.9 Å². The fourth-order valence-corrected chi connectivity index (χ4v) is 9.95. The number of benzene rings is 5. The molecule has 5 aromatic rings. The predicted molar refractivity (Wildman–Crippen MR) is 236 cm³/mol. The summed E-state index contributed by atoms with van der Waals surface area (Å²) in [6.07, 6.45) is 1.09. The summed E-state index contributed by atoms with van der Waals surface area (Å²) in [5.74, 6) is -32.3. The zero-order valence-corrected chi connectivity index (χ0v) is 38.2. The van der Waals surface area contributed by atoms with Crippen LogP contribution in [0.4, 0.5) is 43.9 Å². The van der Waals surface area contributed by atoms with Gasteiger partial charge in [-0.15, -0.1) is 0 Å². The molecule has 0 N–H and O–H groups in total. The Morgan fingerprint density at radius 1 is 0.368 bits per heavy atom. The predicted octanol–water partition coefficient (Wildman–Crippen LogP) is 10.0. The summed E-state index contributed by atoms with van der Waals surface area (Å²) in [4.78, 5) is -5.39. The summed E-state index contributed by atoms with van der Waals surface area (Å²) in [6, 6.07) is 22.9. The molecule has 0 aromatic heterocycles. The highest BCUT2D eigenvalue weighted by molar-refractivity contribution is 7.87. The molecule has 0 saturated heterocycles. The van der Waals surface area contributed by atoms with E-state index in [-0.39, 0.29) is 34.4 Å². The van der Waals surface area contributed by atoms with E-state index in [9.17, 15) is 85.3 Å². The summed E-state index contributed by atoms with van der Waals surface area (Å²) >= 11 is 0. The van der Waals surface area contributed by atoms with E-state index in [1.54, 1.807) is 48.6 Å². The quantitative estimate of drug-likeness (QED) is 0.0460. The van der Waals surface area contributed by atoms with Gasteiger partial charge in [0.15, 0.2) is 67.8 Å². The van der Waals surface area contributed by atoms with Gasteiger partial charge in [0.1, 0.15) is 70.8 Å². The molecule has 0 saturated carbocycles. The van der Waals surface area contributed by atoms with Crippen molar-refractivity contribution in [3.8, 4) is 60.1 Å². The Hall–Kier alpha value is -10.7. The van der Waals surface area contributed by atoms with Gasteiger partial charge in [0.25, 0.3) is 0 Å². The highest BCUT2D eigenvalue weighted by Crippen LogP contribution is 2.52. The normalized spacial score (nSPS) is 12.3. The average Bonchev–Trinajstić information content (AvgIpc) is 3.91. The Bertz CT molecular complexity index is 3830. The first-order valence-electron chi connectivity index (χ1n) is 20.0. The standard InChI is InChI=1S/C50H12F10N8O6S2/c51-39-41(53)45(57)49(46(58)42(39)54)75(69,70)73-33-12-22(10-32-37(25(17-65)18-66)29-7-3-4-8-30(29)38(32)26(19-67)20-68)34(74-76(71,72)50-47(59)43(55)40(52)44(56)48(50)60)11-21(33)9-31-35(23(13-61)14-62)27-5-1-2-6-28(27)36(31)24(15-63)16-64/h1-12H. The van der Waals surface area contributed by atoms with Crippen molar-refractivity contribution in [2.24, 2.45) is 0 Å². The maximum absolute atomic E-state index is 15.3. The smallest absolute Gasteiger partial charge is 0.345 e. The third kappa shape index (κ3) is 8.56. The van der Waals surface area contributed by atoms with Crippen molar-refractivity contribution in [2.45, 2.75) is 9.79 Å². The van der Waals surface area contributed by atoms with Crippen LogP contribution in [0.25, 0.3) is 34.4 Å². The molecule has 0 atom stereocenters. The van der Waals surface area contributed by atoms with Gasteiger partial charge >= 0.3 is 20.2 Å². The van der Waals surface area contributed by atoms with E-state index in [4.69, 9.17) is 8.37 Å². The lowest BCUT2D eigenvalue weighted by atomic mass is 9.92. The first-order chi connectivity index (χ1) is 36.0. The maximum atomic E-state index is 15.3. The molecule has 2 aliphatic rings. The number of fused-ring (bicyclic) bond motifs is 2. The van der Waals surface area contributed by atoms with E-state index < -0.39 is 167 Å². The molecule has 0 aliphatic heterocycles. The minimum atomic E-state index is -6.54. The maximum Gasteiger partial charge on any atom is 0.345 e. The second kappa shape index (κ2) is 20.0. The molecule has 0 radical (unpaired) electrons. The van der Waals surface area contributed by atoms with Gasteiger partial charge in [0.05, 0.1) is 0 Å². The highest BCUT2D eigenvalue weighted by atomic mass is 32.2. The third-order valence-corrected chi connectivity index (χ3v) is 13.4. The number of hydrogen-bond acceptors (Lipinski definition) is 14. The van der Waals surface area contributed by atoms with Crippen molar-refractivity contribution in [2.75, 3.05) is 0 Å². The molecule has 14 nitrogen and oxygen atoms in total. The second-order valence-corrected chi connectivity index (χ2v) is 17.9. The van der Waals surface area contributed by atoms with Crippen LogP contribution in [-0.2, 0) is 20.2 Å². The molecule has 0 fully saturated rings. The summed E-state index contributed by atoms with van der Waals surface area (Å²) in [5.41, 5.74) is -9.76. The van der Waals surface area contributed by atoms with Gasteiger partial charge in [-0.1, -0.05) is 48.5 Å². The number of nitriles is 8. The molecule has 0 unspecified atom stereocenters. The summed E-state index contributed by atoms with van der Waals surface area (Å²) < 4.78 is 214. The van der Waals surface area contributed by atoms with Gasteiger partial charge in [-0.2, -0.15) is 58.9 Å². The lowest BCUT2D eigenvalue weighted by Crippen LogP contribution is -2.19. The van der Waals surface area contributed by atoms with Gasteiger partial charge in [-0.3, -0.25) is 0 Å². The van der Waals surface area contributed by atoms with Crippen LogP contribution in [0.2, 0.25) is 0 Å². The van der Waals surface area contributed by atoms with E-state index in [2.05, 4.69) is 0 Å². The molecule has 0 heterocycles. The fraction of sp³-hybridized carbons (Fsp3) is 0. The first-order valence-corrected chi connectivity index (χ1v) is 22.8. The Balaban J connectivity index is 1.74. The molecule has 7 rings (SSSR count). The Morgan fingerprint density at radius 3 is 0.789 bits per heavy atom. The van der Waals surface area contributed by atoms with E-state index in [1.165, 1.54) is 48.5 Å². The van der Waals surface area contributed by atoms with Crippen LogP contribution in [-0.4, -0.2) is 16.8 Å². The Morgan fingerprint density at radius 2 is 0.579 bits per heavy atom. The van der Waals surface area contributed by atoms with Crippen molar-refractivity contribution in [3.63, 3.8) is 0 Å². The van der Waals surface area contributed by atoms with Gasteiger partial charge in [0.2, 0.25) is 11.6 Å². The minimum absolute atomic E-state index is 0.135. The second-order valence-electron chi connectivity index (χ2n) is 14.9. The Labute approximate surface area is 420 Å². The minimum Gasteiger partial charge on any atom is -0.378 e. The molecule has 0 spiro atoms. The van der Waals surface area contributed by atoms with Crippen molar-refractivity contribution in [1.82, 2.24) is 0 Å². The zero-order chi connectivity index (χ0) is 55.9. The SMILES string of the molecule is N#CC(C#N)=C1C(=Cc2cc(OS(=O)(=O)c3c(F)c(F)c(F)c(F)c3F)c(C=C3C(=C(C#N)C#N)c4ccccc4C3=C(C#N)C#N)cc2OS(=O)(=O)c2c(F)c(F)c(F)c(F)c2F)C(=C(C#N)C#N)c2ccccc21. The van der Waals surface area contributed by atoms with Crippen LogP contribution in [0.15, 0.2) is 104 Å². The van der Waals surface area contributed by atoms with E-state index in [0.717, 1.165) is 0 Å². The summed E-state index contributed by atoms with van der Waals surface area (Å²) in [7, 11) is -13.1. The Kier molecular flexibility index (Phi) is 14.0. The van der Waals surface area contributed by atoms with E-state index >= 15 is 17.6 Å². The van der Waals surface area contributed by atoms with Crippen LogP contribution < -0.4 is 8.37 Å². The summed E-state index contributed by atoms with van der Waals surface area (Å²) in [6.45, 7) is 0. The molecule has 76 heavy (non-hydrogen) atoms. The molecular formula is C50H12F10N8O6S2. The van der Waals surface area contributed by atoms with Crippen LogP contribution in [0.3, 0.4) is 0 Å². The van der Waals surface area contributed by atoms with Crippen LogP contribution in [0, 0.1) is 149 Å². The highest BCUT2D eigenvalue weighted by Gasteiger charge is 2.40. The lowest BCUT2D eigenvalue weighted by Gasteiger charge is -2.18. The molecule has 0 amide bonds. The van der Waals surface area contributed by atoms with E-state index in [0.29, 0.717) is 12.2 Å². The lowest BCUT2D eigenvalue weighted by molar-refractivity contribution is 0.352. The molecule has 370 valence electrons. The number of rotatable bonds is 8. The monoisotopic (exact) mass is 1070 g/mol. The summed E-state index contributed by atoms with van der Waals surface area (Å²) in [5, 5.41) is 80.9. The molecule has 5 aromatic carbocycles. The van der Waals surface area contributed by atoms with Crippen LogP contribution in [0.5, 0.6) is 11.5 Å². The number of nitrogens with zero attached hydrogens (tertiary/aromatic N) is 8. The average molecular weight is 1070 g/mol. The van der Waals surface area contributed by atoms with Crippen molar-refractivity contribution in [3.05, 3.63) is 186 Å². The van der Waals surface area contributed by atoms with Crippen LogP contribution >= 0.6 is 0 Å². The number of halogens is 10. The largest absolute Gasteiger partial charge is 0.378 e.